The van der Waals surface area contributed by atoms with E-state index < -0.39 is 0 Å². The number of rotatable bonds is 8. The first kappa shape index (κ1) is 22.3. The maximum Gasteiger partial charge on any atom is 0.230 e. The van der Waals surface area contributed by atoms with E-state index in [0.717, 1.165) is 52.2 Å². The van der Waals surface area contributed by atoms with Crippen LogP contribution in [0.3, 0.4) is 0 Å². The van der Waals surface area contributed by atoms with Crippen LogP contribution in [0.4, 0.5) is 0 Å². The van der Waals surface area contributed by atoms with Gasteiger partial charge in [-0.2, -0.15) is 0 Å². The van der Waals surface area contributed by atoms with Gasteiger partial charge in [-0.3, -0.25) is 4.79 Å². The van der Waals surface area contributed by atoms with Gasteiger partial charge in [-0.05, 0) is 55.2 Å². The molecule has 1 aliphatic carbocycles. The van der Waals surface area contributed by atoms with E-state index in [1.807, 2.05) is 18.2 Å². The molecular formula is C26H28N4OS2. The summed E-state index contributed by atoms with van der Waals surface area (Å²) >= 11 is 3.17. The highest BCUT2D eigenvalue weighted by molar-refractivity contribution is 8.00. The van der Waals surface area contributed by atoms with Crippen LogP contribution < -0.4 is 5.32 Å². The third-order valence-electron chi connectivity index (χ3n) is 6.18. The van der Waals surface area contributed by atoms with E-state index in [1.165, 1.54) is 52.4 Å². The Labute approximate surface area is 202 Å². The second kappa shape index (κ2) is 10.2. The summed E-state index contributed by atoms with van der Waals surface area (Å²) in [5, 5.41) is 5.13. The van der Waals surface area contributed by atoms with Crippen molar-refractivity contribution in [3.8, 4) is 0 Å². The fourth-order valence-corrected chi connectivity index (χ4v) is 6.72. The Morgan fingerprint density at radius 3 is 2.73 bits per heavy atom. The summed E-state index contributed by atoms with van der Waals surface area (Å²) in [7, 11) is 0. The largest absolute Gasteiger partial charge is 0.355 e. The molecule has 0 atom stereocenters. The number of thiophene rings is 1. The van der Waals surface area contributed by atoms with Crippen LogP contribution >= 0.6 is 23.1 Å². The minimum absolute atomic E-state index is 0.0320. The maximum absolute atomic E-state index is 12.4. The number of carbonyl (C=O) groups is 1. The predicted octanol–water partition coefficient (Wildman–Crippen LogP) is 5.52. The minimum atomic E-state index is 0.0320. The molecule has 0 spiro atoms. The summed E-state index contributed by atoms with van der Waals surface area (Å²) in [5.41, 5.74) is 6.42. The zero-order valence-corrected chi connectivity index (χ0v) is 20.5. The summed E-state index contributed by atoms with van der Waals surface area (Å²) in [6, 6.07) is 10.2. The number of benzene rings is 1. The molecule has 4 aromatic rings. The van der Waals surface area contributed by atoms with E-state index in [-0.39, 0.29) is 5.91 Å². The molecule has 0 unspecified atom stereocenters. The van der Waals surface area contributed by atoms with Crippen molar-refractivity contribution in [3.05, 3.63) is 59.0 Å². The Kier molecular flexibility index (Phi) is 6.88. The Bertz CT molecular complexity index is 1290. The molecule has 170 valence electrons. The molecule has 3 heterocycles. The highest BCUT2D eigenvalue weighted by Crippen LogP contribution is 2.41. The van der Waals surface area contributed by atoms with Crippen LogP contribution in [0, 0.1) is 0 Å². The number of aromatic nitrogens is 3. The SMILES string of the molecule is CCCc1nc2sc3c(SCC(=O)NCCc4ccccc4)ncnc3c2c2c1CCCC2. The zero-order valence-electron chi connectivity index (χ0n) is 18.9. The van der Waals surface area contributed by atoms with Crippen molar-refractivity contribution >= 4 is 49.4 Å². The average Bonchev–Trinajstić information content (AvgIpc) is 3.23. The quantitative estimate of drug-likeness (QED) is 0.268. The monoisotopic (exact) mass is 476 g/mol. The van der Waals surface area contributed by atoms with Crippen molar-refractivity contribution in [1.82, 2.24) is 20.3 Å². The van der Waals surface area contributed by atoms with Gasteiger partial charge in [-0.15, -0.1) is 11.3 Å². The van der Waals surface area contributed by atoms with Crippen molar-refractivity contribution in [3.63, 3.8) is 0 Å². The van der Waals surface area contributed by atoms with Crippen LogP contribution in [-0.2, 0) is 30.5 Å². The molecular weight excluding hydrogens is 448 g/mol. The summed E-state index contributed by atoms with van der Waals surface area (Å²) in [6.45, 7) is 2.86. The van der Waals surface area contributed by atoms with E-state index in [2.05, 4.69) is 34.3 Å². The Balaban J connectivity index is 1.36. The van der Waals surface area contributed by atoms with Gasteiger partial charge in [0, 0.05) is 17.6 Å². The molecule has 0 bridgehead atoms. The standard InChI is InChI=1S/C26H28N4OS2/c1-2-8-20-18-11-6-7-12-19(18)22-23-24(33-25(22)30-20)26(29-16-28-23)32-15-21(31)27-14-13-17-9-4-3-5-10-17/h3-5,9-10,16H,2,6-8,11-15H2,1H3,(H,27,31). The molecule has 1 amide bonds. The number of carbonyl (C=O) groups excluding carboxylic acids is 1. The molecule has 0 radical (unpaired) electrons. The van der Waals surface area contributed by atoms with Crippen LogP contribution in [0.2, 0.25) is 0 Å². The first-order valence-corrected chi connectivity index (χ1v) is 13.6. The Hall–Kier alpha value is -2.51. The van der Waals surface area contributed by atoms with E-state index in [0.29, 0.717) is 12.3 Å². The number of thioether (sulfide) groups is 1. The van der Waals surface area contributed by atoms with Crippen LogP contribution in [0.15, 0.2) is 41.7 Å². The van der Waals surface area contributed by atoms with Gasteiger partial charge in [0.25, 0.3) is 0 Å². The van der Waals surface area contributed by atoms with E-state index in [4.69, 9.17) is 4.98 Å². The number of hydrogen-bond acceptors (Lipinski definition) is 6. The van der Waals surface area contributed by atoms with E-state index in [9.17, 15) is 4.79 Å². The molecule has 1 aliphatic rings. The molecule has 7 heteroatoms. The zero-order chi connectivity index (χ0) is 22.6. The van der Waals surface area contributed by atoms with Crippen molar-refractivity contribution in [1.29, 1.82) is 0 Å². The number of nitrogens with one attached hydrogen (secondary N) is 1. The topological polar surface area (TPSA) is 67.8 Å². The van der Waals surface area contributed by atoms with Crippen molar-refractivity contribution in [2.24, 2.45) is 0 Å². The van der Waals surface area contributed by atoms with Gasteiger partial charge in [0.05, 0.1) is 16.0 Å². The molecule has 1 aromatic carbocycles. The van der Waals surface area contributed by atoms with Gasteiger partial charge in [0.2, 0.25) is 5.91 Å². The normalized spacial score (nSPS) is 13.4. The third kappa shape index (κ3) is 4.75. The first-order valence-electron chi connectivity index (χ1n) is 11.8. The molecule has 0 saturated heterocycles. The van der Waals surface area contributed by atoms with Crippen molar-refractivity contribution in [2.45, 2.75) is 56.9 Å². The average molecular weight is 477 g/mol. The highest BCUT2D eigenvalue weighted by Gasteiger charge is 2.23. The Morgan fingerprint density at radius 1 is 1.09 bits per heavy atom. The van der Waals surface area contributed by atoms with Gasteiger partial charge in [-0.1, -0.05) is 55.4 Å². The smallest absolute Gasteiger partial charge is 0.230 e. The van der Waals surface area contributed by atoms with E-state index >= 15 is 0 Å². The second-order valence-electron chi connectivity index (χ2n) is 8.49. The third-order valence-corrected chi connectivity index (χ3v) is 8.38. The summed E-state index contributed by atoms with van der Waals surface area (Å²) in [5.74, 6) is 0.381. The number of nitrogens with zero attached hydrogens (tertiary/aromatic N) is 3. The lowest BCUT2D eigenvalue weighted by Crippen LogP contribution is -2.27. The van der Waals surface area contributed by atoms with Crippen LogP contribution in [0.25, 0.3) is 20.4 Å². The lowest BCUT2D eigenvalue weighted by molar-refractivity contribution is -0.118. The summed E-state index contributed by atoms with van der Waals surface area (Å²) in [6.07, 6.45) is 9.31. The fraction of sp³-hybridized carbons (Fsp3) is 0.385. The van der Waals surface area contributed by atoms with Crippen LogP contribution in [0.5, 0.6) is 0 Å². The molecule has 5 nitrogen and oxygen atoms in total. The molecule has 3 aromatic heterocycles. The van der Waals surface area contributed by atoms with Gasteiger partial charge in [0.15, 0.2) is 0 Å². The Morgan fingerprint density at radius 2 is 1.91 bits per heavy atom. The van der Waals surface area contributed by atoms with Gasteiger partial charge < -0.3 is 5.32 Å². The number of fused-ring (bicyclic) bond motifs is 5. The molecule has 33 heavy (non-hydrogen) atoms. The fourth-order valence-electron chi connectivity index (χ4n) is 4.64. The molecule has 0 fully saturated rings. The molecule has 0 aliphatic heterocycles. The first-order chi connectivity index (χ1) is 16.2. The molecule has 1 N–H and O–H groups in total. The van der Waals surface area contributed by atoms with E-state index in [1.54, 1.807) is 17.7 Å². The predicted molar refractivity (Wildman–Crippen MR) is 137 cm³/mol. The summed E-state index contributed by atoms with van der Waals surface area (Å²) < 4.78 is 1.06. The molecule has 0 saturated carbocycles. The lowest BCUT2D eigenvalue weighted by Gasteiger charge is -2.19. The maximum atomic E-state index is 12.4. The number of amides is 1. The van der Waals surface area contributed by atoms with Crippen molar-refractivity contribution in [2.75, 3.05) is 12.3 Å². The van der Waals surface area contributed by atoms with Gasteiger partial charge in [-0.25, -0.2) is 15.0 Å². The highest BCUT2D eigenvalue weighted by atomic mass is 32.2. The van der Waals surface area contributed by atoms with Crippen LogP contribution in [0.1, 0.15) is 48.6 Å². The summed E-state index contributed by atoms with van der Waals surface area (Å²) in [4.78, 5) is 27.8. The van der Waals surface area contributed by atoms with Crippen molar-refractivity contribution < 1.29 is 4.79 Å². The number of pyridine rings is 1. The number of aryl methyl sites for hydroxylation is 2. The molecule has 5 rings (SSSR count). The second-order valence-corrected chi connectivity index (χ2v) is 10.4. The minimum Gasteiger partial charge on any atom is -0.355 e. The number of hydrogen-bond donors (Lipinski definition) is 1. The lowest BCUT2D eigenvalue weighted by atomic mass is 9.88. The van der Waals surface area contributed by atoms with Crippen LogP contribution in [-0.4, -0.2) is 33.2 Å². The van der Waals surface area contributed by atoms with Gasteiger partial charge >= 0.3 is 0 Å². The van der Waals surface area contributed by atoms with Gasteiger partial charge in [0.1, 0.15) is 16.2 Å².